The van der Waals surface area contributed by atoms with Gasteiger partial charge in [0.25, 0.3) is 0 Å². The normalized spacial score (nSPS) is 9.88. The van der Waals surface area contributed by atoms with E-state index in [1.165, 1.54) is 0 Å². The van der Waals surface area contributed by atoms with Gasteiger partial charge >= 0.3 is 0 Å². The number of aromatic nitrogens is 2. The van der Waals surface area contributed by atoms with E-state index < -0.39 is 0 Å². The third kappa shape index (κ3) is 0.916. The maximum atomic E-state index is 4.04. The molecule has 0 N–H and O–H groups in total. The third-order valence-electron chi connectivity index (χ3n) is 0.954. The number of aryl methyl sites for hydroxylation is 2. The zero-order valence-electron chi connectivity index (χ0n) is 4.85. The van der Waals surface area contributed by atoms with Crippen molar-refractivity contribution in [3.05, 3.63) is 17.5 Å². The lowest BCUT2D eigenvalue weighted by atomic mass is 10.4. The molecule has 0 amide bonds. The second-order valence-electron chi connectivity index (χ2n) is 1.79. The highest BCUT2D eigenvalue weighted by Gasteiger charge is 1.93. The molecule has 0 aliphatic rings. The number of hydrogen-bond acceptors (Lipinski definition) is 1. The third-order valence-corrected chi connectivity index (χ3v) is 1.67. The first-order chi connectivity index (χ1) is 3.70. The first kappa shape index (κ1) is 5.82. The van der Waals surface area contributed by atoms with Crippen molar-refractivity contribution in [1.82, 2.24) is 8.81 Å². The molecule has 0 fully saturated rings. The fraction of sp³-hybridized carbons (Fsp3) is 0.400. The lowest BCUT2D eigenvalue weighted by Gasteiger charge is -1.83. The van der Waals surface area contributed by atoms with Crippen LogP contribution in [0.15, 0.2) is 6.07 Å². The van der Waals surface area contributed by atoms with Crippen LogP contribution in [0.5, 0.6) is 0 Å². The van der Waals surface area contributed by atoms with Crippen LogP contribution >= 0.6 is 16.1 Å². The molecule has 0 bridgehead atoms. The van der Waals surface area contributed by atoms with E-state index >= 15 is 0 Å². The summed E-state index contributed by atoms with van der Waals surface area (Å²) in [5.41, 5.74) is 2.17. The second-order valence-corrected chi connectivity index (χ2v) is 2.46. The van der Waals surface area contributed by atoms with Gasteiger partial charge in [-0.25, -0.2) is 3.71 Å². The molecule has 0 aliphatic carbocycles. The van der Waals surface area contributed by atoms with Gasteiger partial charge in [-0.05, 0) is 19.9 Å². The molecule has 1 aromatic heterocycles. The van der Waals surface area contributed by atoms with Crippen LogP contribution in [0.3, 0.4) is 0 Å². The van der Waals surface area contributed by atoms with Crippen molar-refractivity contribution < 1.29 is 0 Å². The van der Waals surface area contributed by atoms with Crippen LogP contribution in [0, 0.1) is 13.8 Å². The van der Waals surface area contributed by atoms with Crippen LogP contribution in [-0.2, 0) is 0 Å². The molecule has 44 valence electrons. The Morgan fingerprint density at radius 1 is 1.62 bits per heavy atom. The van der Waals surface area contributed by atoms with Gasteiger partial charge in [-0.1, -0.05) is 0 Å². The first-order valence-electron chi connectivity index (χ1n) is 2.39. The first-order valence-corrected chi connectivity index (χ1v) is 3.10. The van der Waals surface area contributed by atoms with E-state index in [-0.39, 0.29) is 0 Å². The largest absolute Gasteiger partial charge is 0.202 e. The Kier molecular flexibility index (Phi) is 1.38. The standard InChI is InChI=1S/C5H7BrN2/c1-4-3-5(2)8(6)7-4/h3H,1-2H3. The second kappa shape index (κ2) is 1.90. The number of hydrogen-bond donors (Lipinski definition) is 0. The van der Waals surface area contributed by atoms with Gasteiger partial charge in [0, 0.05) is 5.69 Å². The molecule has 1 rings (SSSR count). The molecule has 0 aliphatic heterocycles. The fourth-order valence-electron chi connectivity index (χ4n) is 0.602. The Balaban J connectivity index is 3.14. The molecule has 0 aromatic carbocycles. The van der Waals surface area contributed by atoms with Crippen LogP contribution in [-0.4, -0.2) is 8.81 Å². The Morgan fingerprint density at radius 2 is 2.25 bits per heavy atom. The summed E-state index contributed by atoms with van der Waals surface area (Å²) >= 11 is 3.22. The Bertz CT molecular complexity index is 173. The van der Waals surface area contributed by atoms with E-state index in [9.17, 15) is 0 Å². The van der Waals surface area contributed by atoms with Crippen molar-refractivity contribution in [1.29, 1.82) is 0 Å². The van der Waals surface area contributed by atoms with Gasteiger partial charge in [-0.2, -0.15) is 5.10 Å². The predicted octanol–water partition coefficient (Wildman–Crippen LogP) is 1.66. The van der Waals surface area contributed by atoms with E-state index in [0.717, 1.165) is 11.4 Å². The van der Waals surface area contributed by atoms with E-state index in [1.807, 2.05) is 19.9 Å². The van der Waals surface area contributed by atoms with Gasteiger partial charge in [0.1, 0.15) is 0 Å². The van der Waals surface area contributed by atoms with Gasteiger partial charge in [0.2, 0.25) is 0 Å². The monoisotopic (exact) mass is 174 g/mol. The molecule has 2 nitrogen and oxygen atoms in total. The summed E-state index contributed by atoms with van der Waals surface area (Å²) in [4.78, 5) is 0. The van der Waals surface area contributed by atoms with Crippen LogP contribution < -0.4 is 0 Å². The highest BCUT2D eigenvalue weighted by Crippen LogP contribution is 2.02. The van der Waals surface area contributed by atoms with E-state index in [0.29, 0.717) is 0 Å². The SMILES string of the molecule is Cc1cc(C)n(Br)n1. The molecule has 0 unspecified atom stereocenters. The van der Waals surface area contributed by atoms with Crippen molar-refractivity contribution in [3.63, 3.8) is 0 Å². The maximum Gasteiger partial charge on any atom is 0.0746 e. The minimum atomic E-state index is 1.04. The Morgan fingerprint density at radius 3 is 2.38 bits per heavy atom. The smallest absolute Gasteiger partial charge is 0.0746 e. The van der Waals surface area contributed by atoms with Gasteiger partial charge in [-0.3, -0.25) is 0 Å². The molecule has 0 saturated heterocycles. The van der Waals surface area contributed by atoms with Gasteiger partial charge in [-0.15, -0.1) is 0 Å². The topological polar surface area (TPSA) is 17.8 Å². The van der Waals surface area contributed by atoms with Crippen molar-refractivity contribution in [2.24, 2.45) is 0 Å². The number of halogens is 1. The number of rotatable bonds is 0. The Labute approximate surface area is 56.8 Å². The molecule has 0 atom stereocenters. The lowest BCUT2D eigenvalue weighted by molar-refractivity contribution is 0.966. The van der Waals surface area contributed by atoms with Crippen LogP contribution in [0.1, 0.15) is 11.4 Å². The summed E-state index contributed by atoms with van der Waals surface area (Å²) in [5, 5.41) is 4.04. The molecule has 1 aromatic rings. The zero-order chi connectivity index (χ0) is 6.15. The van der Waals surface area contributed by atoms with Crippen molar-refractivity contribution >= 4 is 16.1 Å². The molecular formula is C5H7BrN2. The summed E-state index contributed by atoms with van der Waals surface area (Å²) in [6.45, 7) is 3.96. The van der Waals surface area contributed by atoms with Crippen molar-refractivity contribution in [2.45, 2.75) is 13.8 Å². The zero-order valence-corrected chi connectivity index (χ0v) is 6.44. The minimum absolute atomic E-state index is 1.04. The molecule has 3 heteroatoms. The van der Waals surface area contributed by atoms with Gasteiger partial charge < -0.3 is 0 Å². The maximum absolute atomic E-state index is 4.04. The van der Waals surface area contributed by atoms with Crippen molar-refractivity contribution in [3.8, 4) is 0 Å². The quantitative estimate of drug-likeness (QED) is 0.586. The van der Waals surface area contributed by atoms with Crippen LogP contribution in [0.25, 0.3) is 0 Å². The summed E-state index contributed by atoms with van der Waals surface area (Å²) in [5.74, 6) is 0. The van der Waals surface area contributed by atoms with E-state index in [1.54, 1.807) is 3.71 Å². The molecule has 8 heavy (non-hydrogen) atoms. The minimum Gasteiger partial charge on any atom is -0.202 e. The van der Waals surface area contributed by atoms with E-state index in [2.05, 4.69) is 21.2 Å². The lowest BCUT2D eigenvalue weighted by Crippen LogP contribution is -1.82. The van der Waals surface area contributed by atoms with Crippen molar-refractivity contribution in [2.75, 3.05) is 0 Å². The highest BCUT2D eigenvalue weighted by atomic mass is 79.9. The van der Waals surface area contributed by atoms with Crippen LogP contribution in [0.4, 0.5) is 0 Å². The number of nitrogens with zero attached hydrogens (tertiary/aromatic N) is 2. The molecular weight excluding hydrogens is 168 g/mol. The molecule has 0 radical (unpaired) electrons. The summed E-state index contributed by atoms with van der Waals surface area (Å²) < 4.78 is 1.68. The average molecular weight is 175 g/mol. The molecule has 0 spiro atoms. The van der Waals surface area contributed by atoms with Gasteiger partial charge in [0.05, 0.1) is 21.8 Å². The summed E-state index contributed by atoms with van der Waals surface area (Å²) in [7, 11) is 0. The molecule has 0 saturated carbocycles. The predicted molar refractivity (Wildman–Crippen MR) is 36.0 cm³/mol. The average Bonchev–Trinajstić information content (AvgIpc) is 1.85. The molecule has 1 heterocycles. The van der Waals surface area contributed by atoms with Gasteiger partial charge in [0.15, 0.2) is 0 Å². The highest BCUT2D eigenvalue weighted by molar-refractivity contribution is 9.08. The Hall–Kier alpha value is -0.310. The van der Waals surface area contributed by atoms with E-state index in [4.69, 9.17) is 0 Å². The van der Waals surface area contributed by atoms with Crippen LogP contribution in [0.2, 0.25) is 0 Å². The fourth-order valence-corrected chi connectivity index (χ4v) is 0.954. The summed E-state index contributed by atoms with van der Waals surface area (Å²) in [6.07, 6.45) is 0. The summed E-state index contributed by atoms with van der Waals surface area (Å²) in [6, 6.07) is 2.01.